The molecule has 0 aromatic heterocycles. The molecule has 1 aliphatic carbocycles. The zero-order valence-electron chi connectivity index (χ0n) is 16.6. The van der Waals surface area contributed by atoms with E-state index in [1.54, 1.807) is 0 Å². The normalized spacial score (nSPS) is 15.0. The molecule has 0 saturated heterocycles. The molecule has 0 aliphatic heterocycles. The van der Waals surface area contributed by atoms with Gasteiger partial charge in [-0.15, -0.1) is 0 Å². The molecule has 3 N–H and O–H groups in total. The highest BCUT2D eigenvalue weighted by atomic mass is 35.5. The van der Waals surface area contributed by atoms with E-state index < -0.39 is 34.5 Å². The van der Waals surface area contributed by atoms with E-state index in [-0.39, 0.29) is 21.9 Å². The van der Waals surface area contributed by atoms with Crippen LogP contribution >= 0.6 is 11.6 Å². The molecule has 166 valence electrons. The Labute approximate surface area is 185 Å². The van der Waals surface area contributed by atoms with E-state index in [1.165, 1.54) is 42.5 Å². The summed E-state index contributed by atoms with van der Waals surface area (Å²) in [6.07, 6.45) is 3.86. The smallest absolute Gasteiger partial charge is 0.318 e. The molecule has 0 atom stereocenters. The van der Waals surface area contributed by atoms with E-state index in [2.05, 4.69) is 5.32 Å². The number of benzene rings is 2. The second-order valence-electron chi connectivity index (χ2n) is 7.38. The van der Waals surface area contributed by atoms with E-state index in [9.17, 15) is 28.2 Å². The first-order valence-electron chi connectivity index (χ1n) is 9.82. The second-order valence-corrected chi connectivity index (χ2v) is 9.71. The summed E-state index contributed by atoms with van der Waals surface area (Å²) >= 11 is 5.89. The fourth-order valence-corrected chi connectivity index (χ4v) is 5.50. The highest BCUT2D eigenvalue weighted by molar-refractivity contribution is 7.89. The van der Waals surface area contributed by atoms with Gasteiger partial charge in [0.25, 0.3) is 5.91 Å². The third kappa shape index (κ3) is 5.55. The van der Waals surface area contributed by atoms with E-state index in [1.807, 2.05) is 0 Å². The first-order valence-corrected chi connectivity index (χ1v) is 11.6. The van der Waals surface area contributed by atoms with Crippen molar-refractivity contribution in [2.24, 2.45) is 0 Å². The van der Waals surface area contributed by atoms with E-state index in [0.29, 0.717) is 17.9 Å². The van der Waals surface area contributed by atoms with Gasteiger partial charge in [0.15, 0.2) is 0 Å². The number of nitrogens with one attached hydrogen (secondary N) is 1. The van der Waals surface area contributed by atoms with Gasteiger partial charge in [0.1, 0.15) is 12.3 Å². The van der Waals surface area contributed by atoms with Gasteiger partial charge < -0.3 is 15.5 Å². The molecule has 3 rings (SSSR count). The summed E-state index contributed by atoms with van der Waals surface area (Å²) in [5.74, 6) is -2.07. The van der Waals surface area contributed by atoms with Crippen molar-refractivity contribution >= 4 is 39.2 Å². The number of carbonyl (C=O) groups is 2. The third-order valence-corrected chi connectivity index (χ3v) is 7.31. The largest absolute Gasteiger partial charge is 0.506 e. The zero-order valence-corrected chi connectivity index (χ0v) is 18.2. The van der Waals surface area contributed by atoms with Crippen LogP contribution in [0.1, 0.15) is 42.5 Å². The highest BCUT2D eigenvalue weighted by Gasteiger charge is 2.34. The molecule has 0 unspecified atom stereocenters. The summed E-state index contributed by atoms with van der Waals surface area (Å²) in [7, 11) is -4.14. The van der Waals surface area contributed by atoms with Gasteiger partial charge in [-0.2, -0.15) is 4.31 Å². The van der Waals surface area contributed by atoms with Crippen molar-refractivity contribution in [2.75, 3.05) is 11.9 Å². The number of rotatable bonds is 7. The molecule has 2 aromatic rings. The van der Waals surface area contributed by atoms with Crippen LogP contribution in [0.2, 0.25) is 5.02 Å². The maximum Gasteiger partial charge on any atom is 0.318 e. The number of hydrogen-bond donors (Lipinski definition) is 3. The van der Waals surface area contributed by atoms with Crippen LogP contribution in [0.4, 0.5) is 5.69 Å². The van der Waals surface area contributed by atoms with Crippen molar-refractivity contribution in [1.29, 1.82) is 0 Å². The van der Waals surface area contributed by atoms with Crippen LogP contribution in [0.15, 0.2) is 47.4 Å². The number of anilines is 1. The lowest BCUT2D eigenvalue weighted by Crippen LogP contribution is -2.44. The van der Waals surface area contributed by atoms with E-state index in [4.69, 9.17) is 11.6 Å². The van der Waals surface area contributed by atoms with Gasteiger partial charge >= 0.3 is 5.97 Å². The van der Waals surface area contributed by atoms with Crippen LogP contribution in [0, 0.1) is 0 Å². The Bertz CT molecular complexity index is 1080. The van der Waals surface area contributed by atoms with Crippen LogP contribution in [-0.2, 0) is 14.8 Å². The minimum atomic E-state index is -4.14. The predicted octanol–water partition coefficient (Wildman–Crippen LogP) is 3.71. The molecule has 10 heteroatoms. The molecule has 0 bridgehead atoms. The number of sulfonamides is 1. The number of phenolic OH excluding ortho intramolecular Hbond substituents is 1. The molecular weight excluding hydrogens is 444 g/mol. The first kappa shape index (κ1) is 23.1. The van der Waals surface area contributed by atoms with Gasteiger partial charge in [0.05, 0.1) is 10.6 Å². The number of carboxylic acid groups (broad SMARTS) is 1. The molecule has 0 spiro atoms. The number of aromatic hydroxyl groups is 1. The zero-order chi connectivity index (χ0) is 22.6. The van der Waals surface area contributed by atoms with Gasteiger partial charge in [0, 0.05) is 16.6 Å². The lowest BCUT2D eigenvalue weighted by molar-refractivity contribution is -0.137. The van der Waals surface area contributed by atoms with Crippen LogP contribution in [0.25, 0.3) is 0 Å². The molecule has 8 nitrogen and oxygen atoms in total. The molecule has 0 heterocycles. The maximum absolute atomic E-state index is 13.3. The molecule has 1 saturated carbocycles. The van der Waals surface area contributed by atoms with Gasteiger partial charge in [-0.1, -0.05) is 36.9 Å². The standard InChI is InChI=1S/C21H23ClN2O6S/c22-15-9-10-19(25)18(12-15)23-21(28)14-5-4-8-17(11-14)31(29,30)24(13-20(26)27)16-6-2-1-3-7-16/h4-5,8-12,16,25H,1-3,6-7,13H2,(H,23,28)(H,26,27). The maximum atomic E-state index is 13.3. The van der Waals surface area contributed by atoms with E-state index in [0.717, 1.165) is 23.6 Å². The van der Waals surface area contributed by atoms with Crippen molar-refractivity contribution in [2.45, 2.75) is 43.0 Å². The Morgan fingerprint density at radius 1 is 1.10 bits per heavy atom. The Kier molecular flexibility index (Phi) is 7.19. The highest BCUT2D eigenvalue weighted by Crippen LogP contribution is 2.29. The number of carboxylic acids is 1. The summed E-state index contributed by atoms with van der Waals surface area (Å²) in [5, 5.41) is 22.0. The number of amides is 1. The number of aliphatic carboxylic acids is 1. The van der Waals surface area contributed by atoms with Crippen LogP contribution < -0.4 is 5.32 Å². The molecule has 31 heavy (non-hydrogen) atoms. The average Bonchev–Trinajstić information content (AvgIpc) is 2.75. The van der Waals surface area contributed by atoms with Crippen molar-refractivity contribution in [3.8, 4) is 5.75 Å². The minimum absolute atomic E-state index is 0.0411. The molecule has 0 radical (unpaired) electrons. The van der Waals surface area contributed by atoms with Gasteiger partial charge in [-0.05, 0) is 49.2 Å². The SMILES string of the molecule is O=C(O)CN(C1CCCCC1)S(=O)(=O)c1cccc(C(=O)Nc2cc(Cl)ccc2O)c1. The summed E-state index contributed by atoms with van der Waals surface area (Å²) < 4.78 is 27.6. The quantitative estimate of drug-likeness (QED) is 0.534. The van der Waals surface area contributed by atoms with Crippen molar-refractivity contribution < 1.29 is 28.2 Å². The first-order chi connectivity index (χ1) is 14.7. The summed E-state index contributed by atoms with van der Waals surface area (Å²) in [6, 6.07) is 9.14. The minimum Gasteiger partial charge on any atom is -0.506 e. The Morgan fingerprint density at radius 3 is 2.48 bits per heavy atom. The fourth-order valence-electron chi connectivity index (χ4n) is 3.65. The van der Waals surface area contributed by atoms with Gasteiger partial charge in [0.2, 0.25) is 10.0 Å². The van der Waals surface area contributed by atoms with Crippen LogP contribution in [0.3, 0.4) is 0 Å². The van der Waals surface area contributed by atoms with Crippen molar-refractivity contribution in [3.63, 3.8) is 0 Å². The summed E-state index contributed by atoms with van der Waals surface area (Å²) in [4.78, 5) is 23.8. The van der Waals surface area contributed by atoms with Crippen molar-refractivity contribution in [1.82, 2.24) is 4.31 Å². The lowest BCUT2D eigenvalue weighted by atomic mass is 9.95. The van der Waals surface area contributed by atoms with Crippen LogP contribution in [0.5, 0.6) is 5.75 Å². The number of phenols is 1. The summed E-state index contributed by atoms with van der Waals surface area (Å²) in [6.45, 7) is -0.639. The number of nitrogens with zero attached hydrogens (tertiary/aromatic N) is 1. The van der Waals surface area contributed by atoms with Crippen LogP contribution in [-0.4, -0.2) is 47.4 Å². The number of hydrogen-bond acceptors (Lipinski definition) is 5. The van der Waals surface area contributed by atoms with Gasteiger partial charge in [-0.3, -0.25) is 9.59 Å². The summed E-state index contributed by atoms with van der Waals surface area (Å²) in [5.41, 5.74) is 0.125. The number of halogens is 1. The molecule has 1 fully saturated rings. The lowest BCUT2D eigenvalue weighted by Gasteiger charge is -2.32. The Hall–Kier alpha value is -2.62. The second kappa shape index (κ2) is 9.67. The predicted molar refractivity (Wildman–Crippen MR) is 116 cm³/mol. The van der Waals surface area contributed by atoms with Crippen molar-refractivity contribution in [3.05, 3.63) is 53.1 Å². The molecule has 1 aliphatic rings. The molecule has 2 aromatic carbocycles. The third-order valence-electron chi connectivity index (χ3n) is 5.18. The van der Waals surface area contributed by atoms with Gasteiger partial charge in [-0.25, -0.2) is 8.42 Å². The molecule has 1 amide bonds. The van der Waals surface area contributed by atoms with E-state index >= 15 is 0 Å². The topological polar surface area (TPSA) is 124 Å². The monoisotopic (exact) mass is 466 g/mol. The molecular formula is C21H23ClN2O6S. The Morgan fingerprint density at radius 2 is 1.81 bits per heavy atom. The fraction of sp³-hybridized carbons (Fsp3) is 0.333. The number of carbonyl (C=O) groups excluding carboxylic acids is 1. The average molecular weight is 467 g/mol. The Balaban J connectivity index is 1.89.